The van der Waals surface area contributed by atoms with Crippen LogP contribution in [0.5, 0.6) is 11.5 Å². The molecule has 0 N–H and O–H groups in total. The van der Waals surface area contributed by atoms with E-state index in [4.69, 9.17) is 14.2 Å². The predicted octanol–water partition coefficient (Wildman–Crippen LogP) is 2.42. The molecule has 1 aromatic carbocycles. The molecule has 5 heteroatoms. The van der Waals surface area contributed by atoms with Gasteiger partial charge in [0, 0.05) is 6.42 Å². The van der Waals surface area contributed by atoms with Gasteiger partial charge in [-0.3, -0.25) is 4.79 Å². The number of hydrogen-bond donors (Lipinski definition) is 0. The topological polar surface area (TPSA) is 48.0 Å². The summed E-state index contributed by atoms with van der Waals surface area (Å²) in [4.78, 5) is 14.4. The lowest BCUT2D eigenvalue weighted by molar-refractivity contribution is -0.144. The fourth-order valence-electron chi connectivity index (χ4n) is 3.31. The van der Waals surface area contributed by atoms with Crippen LogP contribution in [0, 0.1) is 0 Å². The highest BCUT2D eigenvalue weighted by atomic mass is 16.6. The number of carbonyl (C=O) groups is 1. The molecule has 1 amide bonds. The largest absolute Gasteiger partial charge is 0.486 e. The molecule has 1 aromatic rings. The highest BCUT2D eigenvalue weighted by molar-refractivity contribution is 5.77. The van der Waals surface area contributed by atoms with Crippen LogP contribution in [0.25, 0.3) is 0 Å². The number of fused-ring (bicyclic) bond motifs is 1. The second kappa shape index (κ2) is 7.21. The monoisotopic (exact) mass is 319 g/mol. The van der Waals surface area contributed by atoms with Gasteiger partial charge in [0.15, 0.2) is 11.5 Å². The average molecular weight is 319 g/mol. The number of hydrogen-bond acceptors (Lipinski definition) is 4. The maximum Gasteiger partial charge on any atom is 0.223 e. The molecule has 5 nitrogen and oxygen atoms in total. The molecular formula is C18H25NO4. The quantitative estimate of drug-likeness (QED) is 0.855. The van der Waals surface area contributed by atoms with E-state index in [-0.39, 0.29) is 18.0 Å². The van der Waals surface area contributed by atoms with Crippen LogP contribution >= 0.6 is 0 Å². The minimum absolute atomic E-state index is 0.167. The third kappa shape index (κ3) is 3.78. The highest BCUT2D eigenvalue weighted by Gasteiger charge is 2.28. The molecule has 0 aliphatic carbocycles. The molecule has 0 aromatic heterocycles. The molecule has 1 fully saturated rings. The molecule has 2 heterocycles. The van der Waals surface area contributed by atoms with Crippen molar-refractivity contribution in [1.29, 1.82) is 0 Å². The van der Waals surface area contributed by atoms with E-state index in [0.717, 1.165) is 24.3 Å². The summed E-state index contributed by atoms with van der Waals surface area (Å²) in [5.41, 5.74) is 1.19. The van der Waals surface area contributed by atoms with Gasteiger partial charge in [0.2, 0.25) is 5.91 Å². The van der Waals surface area contributed by atoms with Crippen molar-refractivity contribution in [2.24, 2.45) is 0 Å². The fourth-order valence-corrected chi connectivity index (χ4v) is 3.31. The minimum atomic E-state index is 0.167. The number of benzene rings is 1. The van der Waals surface area contributed by atoms with Gasteiger partial charge in [0.25, 0.3) is 0 Å². The van der Waals surface area contributed by atoms with Crippen LogP contribution in [0.2, 0.25) is 0 Å². The van der Waals surface area contributed by atoms with Crippen molar-refractivity contribution < 1.29 is 19.0 Å². The van der Waals surface area contributed by atoms with E-state index in [1.807, 2.05) is 30.9 Å². The van der Waals surface area contributed by atoms with Gasteiger partial charge in [-0.2, -0.15) is 0 Å². The van der Waals surface area contributed by atoms with Gasteiger partial charge in [0.05, 0.1) is 25.3 Å². The molecular weight excluding hydrogens is 294 g/mol. The van der Waals surface area contributed by atoms with Crippen molar-refractivity contribution in [3.63, 3.8) is 0 Å². The van der Waals surface area contributed by atoms with Crippen LogP contribution in [-0.4, -0.2) is 49.3 Å². The summed E-state index contributed by atoms with van der Waals surface area (Å²) in [5, 5.41) is 0. The number of nitrogens with zero attached hydrogens (tertiary/aromatic N) is 1. The molecule has 126 valence electrons. The second-order valence-electron chi connectivity index (χ2n) is 6.37. The zero-order chi connectivity index (χ0) is 16.2. The van der Waals surface area contributed by atoms with Crippen molar-refractivity contribution in [1.82, 2.24) is 4.90 Å². The molecule has 0 spiro atoms. The third-order valence-electron chi connectivity index (χ3n) is 4.42. The Kier molecular flexibility index (Phi) is 5.06. The molecule has 0 radical (unpaired) electrons. The van der Waals surface area contributed by atoms with E-state index < -0.39 is 0 Å². The molecule has 2 aliphatic rings. The Balaban J connectivity index is 1.52. The number of ether oxygens (including phenoxy) is 3. The molecule has 2 unspecified atom stereocenters. The van der Waals surface area contributed by atoms with E-state index in [9.17, 15) is 4.79 Å². The summed E-state index contributed by atoms with van der Waals surface area (Å²) in [7, 11) is 0. The molecule has 3 rings (SSSR count). The van der Waals surface area contributed by atoms with E-state index in [0.29, 0.717) is 32.8 Å². The summed E-state index contributed by atoms with van der Waals surface area (Å²) >= 11 is 0. The van der Waals surface area contributed by atoms with Crippen molar-refractivity contribution >= 4 is 5.91 Å². The minimum Gasteiger partial charge on any atom is -0.486 e. The summed E-state index contributed by atoms with van der Waals surface area (Å²) in [5.74, 6) is 1.85. The van der Waals surface area contributed by atoms with Crippen LogP contribution in [0.1, 0.15) is 32.3 Å². The number of aryl methyl sites for hydroxylation is 1. The van der Waals surface area contributed by atoms with Crippen LogP contribution in [0.15, 0.2) is 18.2 Å². The van der Waals surface area contributed by atoms with E-state index in [1.165, 1.54) is 5.56 Å². The summed E-state index contributed by atoms with van der Waals surface area (Å²) in [6.45, 7) is 6.58. The molecule has 0 bridgehead atoms. The van der Waals surface area contributed by atoms with Crippen molar-refractivity contribution in [2.75, 3.05) is 26.4 Å². The maximum atomic E-state index is 12.5. The second-order valence-corrected chi connectivity index (χ2v) is 6.37. The van der Waals surface area contributed by atoms with E-state index in [1.54, 1.807) is 0 Å². The molecule has 1 saturated heterocycles. The van der Waals surface area contributed by atoms with Gasteiger partial charge >= 0.3 is 0 Å². The Morgan fingerprint density at radius 3 is 2.57 bits per heavy atom. The SMILES string of the molecule is CC1COCC(C)N1C(=O)CCCc1ccc2c(c1)OCCO2. The first-order valence-corrected chi connectivity index (χ1v) is 8.42. The fraction of sp³-hybridized carbons (Fsp3) is 0.611. The average Bonchev–Trinajstić information content (AvgIpc) is 2.54. The smallest absolute Gasteiger partial charge is 0.223 e. The van der Waals surface area contributed by atoms with Crippen molar-refractivity contribution in [2.45, 2.75) is 45.2 Å². The first kappa shape index (κ1) is 16.1. The van der Waals surface area contributed by atoms with Crippen molar-refractivity contribution in [3.8, 4) is 11.5 Å². The van der Waals surface area contributed by atoms with Crippen LogP contribution in [0.4, 0.5) is 0 Å². The molecule has 2 aliphatic heterocycles. The number of carbonyl (C=O) groups excluding carboxylic acids is 1. The summed E-state index contributed by atoms with van der Waals surface area (Å²) < 4.78 is 16.6. The Morgan fingerprint density at radius 2 is 1.83 bits per heavy atom. The van der Waals surface area contributed by atoms with E-state index >= 15 is 0 Å². The third-order valence-corrected chi connectivity index (χ3v) is 4.42. The Labute approximate surface area is 137 Å². The highest BCUT2D eigenvalue weighted by Crippen LogP contribution is 2.31. The lowest BCUT2D eigenvalue weighted by atomic mass is 10.1. The van der Waals surface area contributed by atoms with Gasteiger partial charge in [0.1, 0.15) is 13.2 Å². The first-order chi connectivity index (χ1) is 11.1. The summed E-state index contributed by atoms with van der Waals surface area (Å²) in [6.07, 6.45) is 2.29. The summed E-state index contributed by atoms with van der Waals surface area (Å²) in [6, 6.07) is 6.37. The zero-order valence-electron chi connectivity index (χ0n) is 13.9. The van der Waals surface area contributed by atoms with E-state index in [2.05, 4.69) is 6.07 Å². The van der Waals surface area contributed by atoms with Crippen molar-refractivity contribution in [3.05, 3.63) is 23.8 Å². The Bertz CT molecular complexity index is 550. The molecule has 0 saturated carbocycles. The van der Waals surface area contributed by atoms with Gasteiger partial charge in [-0.05, 0) is 44.4 Å². The Hall–Kier alpha value is -1.75. The number of amides is 1. The maximum absolute atomic E-state index is 12.5. The standard InChI is InChI=1S/C18H25NO4/c1-13-11-21-12-14(2)19(13)18(20)5-3-4-15-6-7-16-17(10-15)23-9-8-22-16/h6-7,10,13-14H,3-5,8-9,11-12H2,1-2H3. The van der Waals surface area contributed by atoms with Gasteiger partial charge in [-0.25, -0.2) is 0 Å². The lowest BCUT2D eigenvalue weighted by Gasteiger charge is -2.39. The number of rotatable bonds is 4. The van der Waals surface area contributed by atoms with Gasteiger partial charge < -0.3 is 19.1 Å². The van der Waals surface area contributed by atoms with Crippen LogP contribution in [0.3, 0.4) is 0 Å². The lowest BCUT2D eigenvalue weighted by Crippen LogP contribution is -2.52. The van der Waals surface area contributed by atoms with Gasteiger partial charge in [-0.15, -0.1) is 0 Å². The van der Waals surface area contributed by atoms with Gasteiger partial charge in [-0.1, -0.05) is 6.07 Å². The predicted molar refractivity (Wildman–Crippen MR) is 87.0 cm³/mol. The molecule has 2 atom stereocenters. The first-order valence-electron chi connectivity index (χ1n) is 8.42. The molecule has 23 heavy (non-hydrogen) atoms. The normalized spacial score (nSPS) is 23.7. The van der Waals surface area contributed by atoms with Crippen LogP contribution < -0.4 is 9.47 Å². The Morgan fingerprint density at radius 1 is 1.13 bits per heavy atom. The van der Waals surface area contributed by atoms with Crippen LogP contribution in [-0.2, 0) is 16.0 Å². The zero-order valence-corrected chi connectivity index (χ0v) is 13.9. The number of morpholine rings is 1.